The van der Waals surface area contributed by atoms with E-state index < -0.39 is 23.1 Å². The van der Waals surface area contributed by atoms with E-state index >= 15 is 0 Å². The van der Waals surface area contributed by atoms with Crippen molar-refractivity contribution in [2.24, 2.45) is 0 Å². The molecule has 0 radical (unpaired) electrons. The molecule has 18 heavy (non-hydrogen) atoms. The Balaban J connectivity index is 2.53. The summed E-state index contributed by atoms with van der Waals surface area (Å²) < 4.78 is 37.8. The van der Waals surface area contributed by atoms with E-state index in [1.165, 1.54) is 6.07 Å². The molecule has 1 aliphatic rings. The van der Waals surface area contributed by atoms with Gasteiger partial charge in [-0.15, -0.1) is 0 Å². The smallest absolute Gasteiger partial charge is 0.416 e. The van der Waals surface area contributed by atoms with Crippen molar-refractivity contribution >= 4 is 5.97 Å². The lowest BCUT2D eigenvalue weighted by Crippen LogP contribution is -2.36. The van der Waals surface area contributed by atoms with Gasteiger partial charge in [-0.05, 0) is 49.4 Å². The van der Waals surface area contributed by atoms with Crippen molar-refractivity contribution in [3.05, 3.63) is 34.9 Å². The fourth-order valence-electron chi connectivity index (χ4n) is 2.50. The molecule has 0 fully saturated rings. The van der Waals surface area contributed by atoms with Gasteiger partial charge in [0.15, 0.2) is 0 Å². The number of hydrogen-bond donors (Lipinski definition) is 1. The lowest BCUT2D eigenvalue weighted by atomic mass is 9.71. The van der Waals surface area contributed by atoms with Crippen LogP contribution in [0.5, 0.6) is 0 Å². The lowest BCUT2D eigenvalue weighted by molar-refractivity contribution is -0.143. The van der Waals surface area contributed by atoms with Gasteiger partial charge in [0.2, 0.25) is 0 Å². The second-order valence-corrected chi connectivity index (χ2v) is 4.86. The number of benzene rings is 1. The molecular formula is C13H13F3O2. The van der Waals surface area contributed by atoms with Crippen LogP contribution in [0.3, 0.4) is 0 Å². The maximum Gasteiger partial charge on any atom is 0.416 e. The molecule has 0 bridgehead atoms. The van der Waals surface area contributed by atoms with E-state index in [0.717, 1.165) is 12.1 Å². The van der Waals surface area contributed by atoms with Gasteiger partial charge < -0.3 is 5.11 Å². The number of aryl methyl sites for hydroxylation is 1. The van der Waals surface area contributed by atoms with Crippen LogP contribution in [0, 0.1) is 0 Å². The summed E-state index contributed by atoms with van der Waals surface area (Å²) in [6.07, 6.45) is -2.83. The maximum atomic E-state index is 12.6. The lowest BCUT2D eigenvalue weighted by Gasteiger charge is -2.32. The second-order valence-electron chi connectivity index (χ2n) is 4.86. The van der Waals surface area contributed by atoms with Gasteiger partial charge in [0.05, 0.1) is 11.0 Å². The molecule has 0 aromatic heterocycles. The average molecular weight is 258 g/mol. The molecule has 1 unspecified atom stereocenters. The second kappa shape index (κ2) is 4.00. The zero-order valence-electron chi connectivity index (χ0n) is 9.84. The zero-order chi connectivity index (χ0) is 13.6. The summed E-state index contributed by atoms with van der Waals surface area (Å²) in [5.41, 5.74) is -0.774. The van der Waals surface area contributed by atoms with Crippen molar-refractivity contribution in [2.75, 3.05) is 0 Å². The van der Waals surface area contributed by atoms with Crippen LogP contribution in [0.4, 0.5) is 13.2 Å². The third-order valence-electron chi connectivity index (χ3n) is 3.62. The third-order valence-corrected chi connectivity index (χ3v) is 3.62. The largest absolute Gasteiger partial charge is 0.481 e. The SMILES string of the molecule is CC1(C(=O)O)CCCc2cc(C(F)(F)F)ccc21. The first-order valence-electron chi connectivity index (χ1n) is 5.69. The highest BCUT2D eigenvalue weighted by atomic mass is 19.4. The van der Waals surface area contributed by atoms with Crippen LogP contribution in [0.2, 0.25) is 0 Å². The molecule has 0 heterocycles. The standard InChI is InChI=1S/C13H13F3O2/c1-12(11(17)18)6-2-3-8-7-9(13(14,15)16)4-5-10(8)12/h4-5,7H,2-3,6H2,1H3,(H,17,18). The molecule has 0 saturated heterocycles. The first kappa shape index (κ1) is 12.9. The Bertz CT molecular complexity index is 493. The molecule has 0 aliphatic heterocycles. The number of alkyl halides is 3. The van der Waals surface area contributed by atoms with Gasteiger partial charge in [0, 0.05) is 0 Å². The van der Waals surface area contributed by atoms with Crippen molar-refractivity contribution in [3.8, 4) is 0 Å². The fourth-order valence-corrected chi connectivity index (χ4v) is 2.50. The fraction of sp³-hybridized carbons (Fsp3) is 0.462. The minimum Gasteiger partial charge on any atom is -0.481 e. The van der Waals surface area contributed by atoms with Crippen molar-refractivity contribution < 1.29 is 23.1 Å². The number of carbonyl (C=O) groups is 1. The number of carboxylic acids is 1. The van der Waals surface area contributed by atoms with Crippen molar-refractivity contribution in [1.82, 2.24) is 0 Å². The molecule has 1 aliphatic carbocycles. The Hall–Kier alpha value is -1.52. The van der Waals surface area contributed by atoms with Gasteiger partial charge in [-0.25, -0.2) is 0 Å². The summed E-state index contributed by atoms with van der Waals surface area (Å²) in [4.78, 5) is 11.3. The Kier molecular flexibility index (Phi) is 2.87. The monoisotopic (exact) mass is 258 g/mol. The molecule has 1 aromatic rings. The third kappa shape index (κ3) is 1.98. The minimum atomic E-state index is -4.38. The molecule has 0 spiro atoms. The van der Waals surface area contributed by atoms with Crippen LogP contribution < -0.4 is 0 Å². The Morgan fingerprint density at radius 2 is 2.06 bits per heavy atom. The molecule has 98 valence electrons. The maximum absolute atomic E-state index is 12.6. The summed E-state index contributed by atoms with van der Waals surface area (Å²) in [5.74, 6) is -0.983. The molecule has 5 heteroatoms. The predicted octanol–water partition coefficient (Wildman–Crippen LogP) is 3.38. The predicted molar refractivity (Wildman–Crippen MR) is 59.4 cm³/mol. The van der Waals surface area contributed by atoms with E-state index in [0.29, 0.717) is 30.4 Å². The van der Waals surface area contributed by atoms with Crippen LogP contribution in [-0.4, -0.2) is 11.1 Å². The quantitative estimate of drug-likeness (QED) is 0.838. The van der Waals surface area contributed by atoms with Gasteiger partial charge in [-0.1, -0.05) is 6.07 Å². The number of aliphatic carboxylic acids is 1. The van der Waals surface area contributed by atoms with E-state index in [9.17, 15) is 23.1 Å². The van der Waals surface area contributed by atoms with E-state index in [2.05, 4.69) is 0 Å². The van der Waals surface area contributed by atoms with Crippen LogP contribution in [0.15, 0.2) is 18.2 Å². The number of halogens is 3. The van der Waals surface area contributed by atoms with Gasteiger partial charge >= 0.3 is 12.1 Å². The molecular weight excluding hydrogens is 245 g/mol. The van der Waals surface area contributed by atoms with Gasteiger partial charge in [0.25, 0.3) is 0 Å². The van der Waals surface area contributed by atoms with E-state index in [4.69, 9.17) is 0 Å². The Morgan fingerprint density at radius 1 is 1.39 bits per heavy atom. The summed E-state index contributed by atoms with van der Waals surface area (Å²) in [6.45, 7) is 1.57. The molecule has 2 rings (SSSR count). The number of fused-ring (bicyclic) bond motifs is 1. The van der Waals surface area contributed by atoms with Gasteiger partial charge in [-0.3, -0.25) is 4.79 Å². The molecule has 1 N–H and O–H groups in total. The summed E-state index contributed by atoms with van der Waals surface area (Å²) >= 11 is 0. The van der Waals surface area contributed by atoms with Crippen LogP contribution in [0.1, 0.15) is 36.5 Å². The summed E-state index contributed by atoms with van der Waals surface area (Å²) in [6, 6.07) is 3.35. The highest BCUT2D eigenvalue weighted by Crippen LogP contribution is 2.40. The Morgan fingerprint density at radius 3 is 2.61 bits per heavy atom. The summed E-state index contributed by atoms with van der Waals surface area (Å²) in [7, 11) is 0. The number of rotatable bonds is 1. The zero-order valence-corrected chi connectivity index (χ0v) is 9.84. The van der Waals surface area contributed by atoms with Crippen molar-refractivity contribution in [1.29, 1.82) is 0 Å². The van der Waals surface area contributed by atoms with Crippen LogP contribution in [-0.2, 0) is 22.8 Å². The van der Waals surface area contributed by atoms with Crippen molar-refractivity contribution in [2.45, 2.75) is 37.8 Å². The van der Waals surface area contributed by atoms with Crippen LogP contribution >= 0.6 is 0 Å². The summed E-state index contributed by atoms with van der Waals surface area (Å²) in [5, 5.41) is 9.25. The van der Waals surface area contributed by atoms with Crippen LogP contribution in [0.25, 0.3) is 0 Å². The normalized spacial score (nSPS) is 23.6. The molecule has 0 saturated carbocycles. The first-order valence-corrected chi connectivity index (χ1v) is 5.69. The van der Waals surface area contributed by atoms with Crippen molar-refractivity contribution in [3.63, 3.8) is 0 Å². The molecule has 1 atom stereocenters. The Labute approximate surface area is 102 Å². The molecule has 2 nitrogen and oxygen atoms in total. The average Bonchev–Trinajstić information content (AvgIpc) is 2.27. The van der Waals surface area contributed by atoms with Gasteiger partial charge in [-0.2, -0.15) is 13.2 Å². The highest BCUT2D eigenvalue weighted by Gasteiger charge is 2.40. The van der Waals surface area contributed by atoms with E-state index in [1.54, 1.807) is 6.92 Å². The number of carboxylic acid groups (broad SMARTS) is 1. The molecule has 0 amide bonds. The highest BCUT2D eigenvalue weighted by molar-refractivity contribution is 5.81. The molecule has 1 aromatic carbocycles. The van der Waals surface area contributed by atoms with Gasteiger partial charge in [0.1, 0.15) is 0 Å². The number of hydrogen-bond acceptors (Lipinski definition) is 1. The first-order chi connectivity index (χ1) is 8.25. The topological polar surface area (TPSA) is 37.3 Å². The van der Waals surface area contributed by atoms with E-state index in [-0.39, 0.29) is 0 Å². The minimum absolute atomic E-state index is 0.459. The van der Waals surface area contributed by atoms with E-state index in [1.807, 2.05) is 0 Å².